The zero-order valence-electron chi connectivity index (χ0n) is 9.31. The Labute approximate surface area is 105 Å². The Kier molecular flexibility index (Phi) is 6.05. The van der Waals surface area contributed by atoms with Gasteiger partial charge in [0.15, 0.2) is 0 Å². The third-order valence-electron chi connectivity index (χ3n) is 1.66. The molecule has 0 aliphatic heterocycles. The molecule has 1 unspecified atom stereocenters. The molecule has 8 heteroatoms. The Balaban J connectivity index is 2.62. The second-order valence-electron chi connectivity index (χ2n) is 2.84. The molecular weight excluding hydrogens is 259 g/mol. The molecule has 1 aromatic carbocycles. The molecule has 0 fully saturated rings. The quantitative estimate of drug-likeness (QED) is 0.267. The summed E-state index contributed by atoms with van der Waals surface area (Å²) in [5, 5.41) is 10.5. The van der Waals surface area contributed by atoms with Crippen LogP contribution in [0.15, 0.2) is 24.3 Å². The van der Waals surface area contributed by atoms with Crippen LogP contribution >= 0.6 is 8.60 Å². The molecule has 0 heterocycles. The largest absolute Gasteiger partial charge is 0.427 e. The number of benzene rings is 1. The van der Waals surface area contributed by atoms with E-state index in [1.54, 1.807) is 0 Å². The highest BCUT2D eigenvalue weighted by Crippen LogP contribution is 2.40. The molecule has 18 heavy (non-hydrogen) atoms. The van der Waals surface area contributed by atoms with Gasteiger partial charge in [0.1, 0.15) is 19.1 Å². The second-order valence-corrected chi connectivity index (χ2v) is 3.99. The van der Waals surface area contributed by atoms with Gasteiger partial charge in [0, 0.05) is 12.1 Å². The normalized spacial score (nSPS) is 11.6. The van der Waals surface area contributed by atoms with Crippen LogP contribution in [0.2, 0.25) is 0 Å². The number of hydrogen-bond donors (Lipinski definition) is 1. The predicted molar refractivity (Wildman–Crippen MR) is 65.6 cm³/mol. The van der Waals surface area contributed by atoms with Crippen LogP contribution in [0.5, 0.6) is 5.75 Å². The fraction of sp³-hybridized carbons (Fsp3) is 0.200. The summed E-state index contributed by atoms with van der Waals surface area (Å²) in [6.45, 7) is -0.0536. The molecule has 0 spiro atoms. The van der Waals surface area contributed by atoms with Crippen LogP contribution in [-0.4, -0.2) is 18.3 Å². The summed E-state index contributed by atoms with van der Waals surface area (Å²) in [6.07, 6.45) is 5.04. The number of nitro groups is 1. The van der Waals surface area contributed by atoms with Gasteiger partial charge in [0.25, 0.3) is 5.69 Å². The zero-order valence-corrected chi connectivity index (χ0v) is 10.2. The van der Waals surface area contributed by atoms with Gasteiger partial charge >= 0.3 is 8.60 Å². The molecule has 96 valence electrons. The van der Waals surface area contributed by atoms with E-state index in [1.165, 1.54) is 24.3 Å². The fourth-order valence-electron chi connectivity index (χ4n) is 0.956. The van der Waals surface area contributed by atoms with Crippen molar-refractivity contribution in [2.24, 2.45) is 5.73 Å². The van der Waals surface area contributed by atoms with E-state index >= 15 is 0 Å². The van der Waals surface area contributed by atoms with Crippen molar-refractivity contribution in [3.05, 3.63) is 34.4 Å². The van der Waals surface area contributed by atoms with E-state index in [0.717, 1.165) is 0 Å². The van der Waals surface area contributed by atoms with Gasteiger partial charge in [0.2, 0.25) is 0 Å². The lowest BCUT2D eigenvalue weighted by Crippen LogP contribution is -2.05. The lowest BCUT2D eigenvalue weighted by molar-refractivity contribution is -0.384. The van der Waals surface area contributed by atoms with Gasteiger partial charge in [-0.1, -0.05) is 5.92 Å². The van der Waals surface area contributed by atoms with E-state index in [-0.39, 0.29) is 19.0 Å². The Morgan fingerprint density at radius 3 is 2.56 bits per heavy atom. The average Bonchev–Trinajstić information content (AvgIpc) is 2.37. The molecule has 1 rings (SSSR count). The zero-order chi connectivity index (χ0) is 13.4. The molecule has 2 N–H and O–H groups in total. The van der Waals surface area contributed by atoms with Crippen LogP contribution < -0.4 is 10.3 Å². The summed E-state index contributed by atoms with van der Waals surface area (Å²) >= 11 is 0. The number of nitrogens with zero attached hydrogens (tertiary/aromatic N) is 1. The molecule has 0 aromatic heterocycles. The van der Waals surface area contributed by atoms with E-state index in [0.29, 0.717) is 5.75 Å². The first-order chi connectivity index (χ1) is 8.67. The summed E-state index contributed by atoms with van der Waals surface area (Å²) in [5.74, 6) is 2.64. The Bertz CT molecular complexity index is 431. The molecule has 1 atom stereocenters. The molecule has 0 radical (unpaired) electrons. The first kappa shape index (κ1) is 14.4. The van der Waals surface area contributed by atoms with E-state index in [9.17, 15) is 10.1 Å². The van der Waals surface area contributed by atoms with E-state index in [4.69, 9.17) is 25.7 Å². The minimum Gasteiger partial charge on any atom is -0.427 e. The maximum Gasteiger partial charge on any atom is 0.399 e. The highest BCUT2D eigenvalue weighted by atomic mass is 31.2. The van der Waals surface area contributed by atoms with Crippen LogP contribution in [0.3, 0.4) is 0 Å². The van der Waals surface area contributed by atoms with Crippen molar-refractivity contribution in [1.82, 2.24) is 0 Å². The van der Waals surface area contributed by atoms with E-state index in [1.807, 2.05) is 0 Å². The highest BCUT2D eigenvalue weighted by molar-refractivity contribution is 7.42. The minimum absolute atomic E-state index is 0.0265. The minimum atomic E-state index is -1.71. The van der Waals surface area contributed by atoms with Crippen molar-refractivity contribution >= 4 is 14.3 Å². The molecule has 0 saturated heterocycles. The number of terminal acetylenes is 1. The van der Waals surface area contributed by atoms with Crippen LogP contribution in [0.4, 0.5) is 5.69 Å². The predicted octanol–water partition coefficient (Wildman–Crippen LogP) is 1.78. The average molecular weight is 270 g/mol. The lowest BCUT2D eigenvalue weighted by Gasteiger charge is -2.14. The fourth-order valence-corrected chi connectivity index (χ4v) is 1.73. The maximum absolute atomic E-state index is 10.5. The lowest BCUT2D eigenvalue weighted by atomic mass is 10.3. The first-order valence-corrected chi connectivity index (χ1v) is 5.89. The number of rotatable bonds is 7. The van der Waals surface area contributed by atoms with Gasteiger partial charge in [-0.2, -0.15) is 0 Å². The first-order valence-electron chi connectivity index (χ1n) is 4.79. The van der Waals surface area contributed by atoms with Crippen molar-refractivity contribution in [2.45, 2.75) is 0 Å². The standard InChI is InChI=1S/C10H11N2O5P/c1-2-7-15-18(16-8-11)17-10-5-3-9(4-6-10)12(13)14/h1,3-6H,7-8,11H2. The molecule has 0 saturated carbocycles. The van der Waals surface area contributed by atoms with Crippen molar-refractivity contribution in [1.29, 1.82) is 0 Å². The Hall–Kier alpha value is -1.71. The van der Waals surface area contributed by atoms with Crippen molar-refractivity contribution in [2.75, 3.05) is 13.3 Å². The van der Waals surface area contributed by atoms with Crippen LogP contribution in [-0.2, 0) is 9.05 Å². The van der Waals surface area contributed by atoms with Gasteiger partial charge in [-0.3, -0.25) is 19.2 Å². The smallest absolute Gasteiger partial charge is 0.399 e. The summed E-state index contributed by atoms with van der Waals surface area (Å²) in [7, 11) is -1.71. The van der Waals surface area contributed by atoms with Crippen molar-refractivity contribution in [3.8, 4) is 18.1 Å². The summed E-state index contributed by atoms with van der Waals surface area (Å²) in [4.78, 5) is 9.96. The second kappa shape index (κ2) is 7.58. The molecule has 0 aliphatic carbocycles. The van der Waals surface area contributed by atoms with Gasteiger partial charge in [-0.25, -0.2) is 0 Å². The van der Waals surface area contributed by atoms with Crippen molar-refractivity contribution < 1.29 is 18.5 Å². The third kappa shape index (κ3) is 4.65. The Morgan fingerprint density at radius 2 is 2.06 bits per heavy atom. The van der Waals surface area contributed by atoms with Crippen molar-refractivity contribution in [3.63, 3.8) is 0 Å². The molecule has 1 aromatic rings. The number of non-ortho nitro benzene ring substituents is 1. The summed E-state index contributed by atoms with van der Waals surface area (Å²) in [6, 6.07) is 5.50. The van der Waals surface area contributed by atoms with Crippen LogP contribution in [0.1, 0.15) is 0 Å². The Morgan fingerprint density at radius 1 is 1.39 bits per heavy atom. The monoisotopic (exact) mass is 270 g/mol. The number of nitro benzene ring substituents is 1. The molecule has 0 aliphatic rings. The summed E-state index contributed by atoms with van der Waals surface area (Å²) < 4.78 is 15.4. The van der Waals surface area contributed by atoms with Gasteiger partial charge in [-0.15, -0.1) is 6.42 Å². The summed E-state index contributed by atoms with van der Waals surface area (Å²) in [5.41, 5.74) is 5.18. The van der Waals surface area contributed by atoms with E-state index in [2.05, 4.69) is 5.92 Å². The SMILES string of the molecule is C#CCOP(OCN)Oc1ccc([N+](=O)[O-])cc1. The molecular formula is C10H11N2O5P. The molecule has 0 amide bonds. The highest BCUT2D eigenvalue weighted by Gasteiger charge is 2.14. The molecule has 0 bridgehead atoms. The number of nitrogens with two attached hydrogens (primary N) is 1. The van der Waals surface area contributed by atoms with Crippen LogP contribution in [0, 0.1) is 22.5 Å². The van der Waals surface area contributed by atoms with Crippen LogP contribution in [0.25, 0.3) is 0 Å². The van der Waals surface area contributed by atoms with Gasteiger partial charge < -0.3 is 10.3 Å². The maximum atomic E-state index is 10.5. The van der Waals surface area contributed by atoms with E-state index < -0.39 is 13.5 Å². The molecule has 7 nitrogen and oxygen atoms in total. The third-order valence-corrected chi connectivity index (χ3v) is 2.72. The van der Waals surface area contributed by atoms with Gasteiger partial charge in [0.05, 0.1) is 4.92 Å². The van der Waals surface area contributed by atoms with Gasteiger partial charge in [-0.05, 0) is 12.1 Å². The number of hydrogen-bond acceptors (Lipinski definition) is 6. The topological polar surface area (TPSA) is 96.9 Å².